The molecular weight excluding hydrogens is 222 g/mol. The SMILES string of the molecule is CCC(C)C(COc1ccc(Cl)cc1)NC. The van der Waals surface area contributed by atoms with Crippen LogP contribution >= 0.6 is 11.6 Å². The van der Waals surface area contributed by atoms with Crippen molar-refractivity contribution >= 4 is 11.6 Å². The average Bonchev–Trinajstić information content (AvgIpc) is 2.31. The molecule has 2 nitrogen and oxygen atoms in total. The van der Waals surface area contributed by atoms with Gasteiger partial charge >= 0.3 is 0 Å². The maximum absolute atomic E-state index is 5.81. The van der Waals surface area contributed by atoms with Gasteiger partial charge in [-0.25, -0.2) is 0 Å². The maximum atomic E-state index is 5.81. The second-order valence-corrected chi connectivity index (χ2v) is 4.48. The molecule has 0 bridgehead atoms. The number of ether oxygens (including phenoxy) is 1. The smallest absolute Gasteiger partial charge is 0.119 e. The molecule has 0 aliphatic carbocycles. The van der Waals surface area contributed by atoms with Crippen molar-refractivity contribution in [2.45, 2.75) is 26.3 Å². The largest absolute Gasteiger partial charge is 0.492 e. The molecule has 2 atom stereocenters. The molecule has 0 saturated carbocycles. The van der Waals surface area contributed by atoms with Gasteiger partial charge in [0.1, 0.15) is 12.4 Å². The van der Waals surface area contributed by atoms with Gasteiger partial charge in [0.2, 0.25) is 0 Å². The molecule has 1 aromatic carbocycles. The topological polar surface area (TPSA) is 21.3 Å². The molecule has 0 radical (unpaired) electrons. The quantitative estimate of drug-likeness (QED) is 0.825. The maximum Gasteiger partial charge on any atom is 0.119 e. The highest BCUT2D eigenvalue weighted by molar-refractivity contribution is 6.30. The van der Waals surface area contributed by atoms with E-state index < -0.39 is 0 Å². The molecule has 16 heavy (non-hydrogen) atoms. The summed E-state index contributed by atoms with van der Waals surface area (Å²) in [7, 11) is 1.97. The molecule has 0 amide bonds. The van der Waals surface area contributed by atoms with Gasteiger partial charge in [0.25, 0.3) is 0 Å². The zero-order valence-electron chi connectivity index (χ0n) is 10.2. The van der Waals surface area contributed by atoms with Crippen molar-refractivity contribution in [1.29, 1.82) is 0 Å². The van der Waals surface area contributed by atoms with Gasteiger partial charge in [-0.1, -0.05) is 31.9 Å². The van der Waals surface area contributed by atoms with E-state index in [2.05, 4.69) is 19.2 Å². The van der Waals surface area contributed by atoms with Gasteiger partial charge in [0.15, 0.2) is 0 Å². The van der Waals surface area contributed by atoms with Crippen LogP contribution in [-0.2, 0) is 0 Å². The number of rotatable bonds is 6. The number of nitrogens with one attached hydrogen (secondary N) is 1. The van der Waals surface area contributed by atoms with Crippen molar-refractivity contribution in [1.82, 2.24) is 5.32 Å². The Bertz CT molecular complexity index is 299. The van der Waals surface area contributed by atoms with Crippen LogP contribution < -0.4 is 10.1 Å². The van der Waals surface area contributed by atoms with Crippen molar-refractivity contribution in [3.05, 3.63) is 29.3 Å². The van der Waals surface area contributed by atoms with Crippen molar-refractivity contribution in [3.63, 3.8) is 0 Å². The molecule has 0 spiro atoms. The lowest BCUT2D eigenvalue weighted by atomic mass is 10.0. The van der Waals surface area contributed by atoms with Gasteiger partial charge in [0, 0.05) is 11.1 Å². The molecule has 90 valence electrons. The summed E-state index contributed by atoms with van der Waals surface area (Å²) in [5.41, 5.74) is 0. The molecule has 1 N–H and O–H groups in total. The van der Waals surface area contributed by atoms with Crippen molar-refractivity contribution in [3.8, 4) is 5.75 Å². The van der Waals surface area contributed by atoms with Crippen LogP contribution in [0.15, 0.2) is 24.3 Å². The van der Waals surface area contributed by atoms with E-state index in [1.54, 1.807) is 0 Å². The molecule has 0 aliphatic rings. The number of hydrogen-bond donors (Lipinski definition) is 1. The van der Waals surface area contributed by atoms with Gasteiger partial charge in [-0.3, -0.25) is 0 Å². The predicted octanol–water partition coefficient (Wildman–Crippen LogP) is 3.35. The van der Waals surface area contributed by atoms with E-state index in [-0.39, 0.29) is 0 Å². The highest BCUT2D eigenvalue weighted by Gasteiger charge is 2.13. The molecule has 0 fully saturated rings. The summed E-state index contributed by atoms with van der Waals surface area (Å²) < 4.78 is 5.72. The Morgan fingerprint density at radius 3 is 2.44 bits per heavy atom. The minimum absolute atomic E-state index is 0.390. The minimum Gasteiger partial charge on any atom is -0.492 e. The van der Waals surface area contributed by atoms with Gasteiger partial charge in [-0.15, -0.1) is 0 Å². The van der Waals surface area contributed by atoms with Crippen LogP contribution in [0.4, 0.5) is 0 Å². The predicted molar refractivity (Wildman–Crippen MR) is 69.2 cm³/mol. The van der Waals surface area contributed by atoms with Gasteiger partial charge in [-0.2, -0.15) is 0 Å². The second-order valence-electron chi connectivity index (χ2n) is 4.05. The van der Waals surface area contributed by atoms with Crippen LogP contribution in [0.1, 0.15) is 20.3 Å². The molecule has 0 heterocycles. The van der Waals surface area contributed by atoms with E-state index in [9.17, 15) is 0 Å². The monoisotopic (exact) mass is 241 g/mol. The fourth-order valence-electron chi connectivity index (χ4n) is 1.53. The summed E-state index contributed by atoms with van der Waals surface area (Å²) in [5, 5.41) is 4.02. The molecule has 1 aromatic rings. The minimum atomic E-state index is 0.390. The van der Waals surface area contributed by atoms with E-state index in [1.807, 2.05) is 31.3 Å². The van der Waals surface area contributed by atoms with E-state index >= 15 is 0 Å². The average molecular weight is 242 g/mol. The number of halogens is 1. The lowest BCUT2D eigenvalue weighted by Crippen LogP contribution is -2.37. The van der Waals surface area contributed by atoms with Crippen molar-refractivity contribution in [2.75, 3.05) is 13.7 Å². The zero-order chi connectivity index (χ0) is 12.0. The summed E-state index contributed by atoms with van der Waals surface area (Å²) in [4.78, 5) is 0. The molecule has 2 unspecified atom stereocenters. The Labute approximate surface area is 103 Å². The highest BCUT2D eigenvalue weighted by atomic mass is 35.5. The lowest BCUT2D eigenvalue weighted by molar-refractivity contribution is 0.228. The van der Waals surface area contributed by atoms with Gasteiger partial charge < -0.3 is 10.1 Å². The van der Waals surface area contributed by atoms with Crippen LogP contribution in [0.5, 0.6) is 5.75 Å². The summed E-state index contributed by atoms with van der Waals surface area (Å²) in [5.74, 6) is 1.48. The summed E-state index contributed by atoms with van der Waals surface area (Å²) in [6.07, 6.45) is 1.15. The van der Waals surface area contributed by atoms with Crippen molar-refractivity contribution in [2.24, 2.45) is 5.92 Å². The standard InChI is InChI=1S/C13H20ClNO/c1-4-10(2)13(15-3)9-16-12-7-5-11(14)6-8-12/h5-8,10,13,15H,4,9H2,1-3H3. The third kappa shape index (κ3) is 4.03. The number of benzene rings is 1. The van der Waals surface area contributed by atoms with Gasteiger partial charge in [0.05, 0.1) is 0 Å². The first-order valence-electron chi connectivity index (χ1n) is 5.73. The molecule has 3 heteroatoms. The summed E-state index contributed by atoms with van der Waals surface area (Å²) in [6, 6.07) is 7.86. The Morgan fingerprint density at radius 1 is 1.31 bits per heavy atom. The fraction of sp³-hybridized carbons (Fsp3) is 0.538. The first kappa shape index (κ1) is 13.3. The van der Waals surface area contributed by atoms with Crippen LogP contribution in [0, 0.1) is 5.92 Å². The molecular formula is C13H20ClNO. The van der Waals surface area contributed by atoms with E-state index in [0.717, 1.165) is 17.2 Å². The Kier molecular flexibility index (Phi) is 5.64. The van der Waals surface area contributed by atoms with Gasteiger partial charge in [-0.05, 0) is 37.2 Å². The van der Waals surface area contributed by atoms with E-state index in [1.165, 1.54) is 0 Å². The fourth-order valence-corrected chi connectivity index (χ4v) is 1.66. The first-order valence-corrected chi connectivity index (χ1v) is 6.10. The van der Waals surface area contributed by atoms with E-state index in [0.29, 0.717) is 18.6 Å². The first-order chi connectivity index (χ1) is 7.67. The molecule has 0 saturated heterocycles. The highest BCUT2D eigenvalue weighted by Crippen LogP contribution is 2.16. The van der Waals surface area contributed by atoms with E-state index in [4.69, 9.17) is 16.3 Å². The van der Waals surface area contributed by atoms with Crippen LogP contribution in [0.3, 0.4) is 0 Å². The molecule has 0 aromatic heterocycles. The Balaban J connectivity index is 2.46. The Hall–Kier alpha value is -0.730. The lowest BCUT2D eigenvalue weighted by Gasteiger charge is -2.22. The number of likely N-dealkylation sites (N-methyl/N-ethyl adjacent to an activating group) is 1. The van der Waals surface area contributed by atoms with Crippen LogP contribution in [0.2, 0.25) is 5.02 Å². The molecule has 0 aliphatic heterocycles. The summed E-state index contributed by atoms with van der Waals surface area (Å²) >= 11 is 5.81. The third-order valence-corrected chi connectivity index (χ3v) is 3.20. The summed E-state index contributed by atoms with van der Waals surface area (Å²) in [6.45, 7) is 5.11. The zero-order valence-corrected chi connectivity index (χ0v) is 10.9. The number of hydrogen-bond acceptors (Lipinski definition) is 2. The van der Waals surface area contributed by atoms with Crippen LogP contribution in [0.25, 0.3) is 0 Å². The normalized spacial score (nSPS) is 14.5. The second kappa shape index (κ2) is 6.77. The van der Waals surface area contributed by atoms with Crippen molar-refractivity contribution < 1.29 is 4.74 Å². The van der Waals surface area contributed by atoms with Crippen LogP contribution in [-0.4, -0.2) is 19.7 Å². The molecule has 1 rings (SSSR count). The Morgan fingerprint density at radius 2 is 1.94 bits per heavy atom. The third-order valence-electron chi connectivity index (χ3n) is 2.94.